The van der Waals surface area contributed by atoms with Gasteiger partial charge in [-0.25, -0.2) is 43.0 Å². The fraction of sp³-hybridized carbons (Fsp3) is 0.463. The van der Waals surface area contributed by atoms with Gasteiger partial charge in [0.1, 0.15) is 61.2 Å². The molecule has 16 atom stereocenters. The molecule has 7 aromatic rings. The van der Waals surface area contributed by atoms with Gasteiger partial charge in [-0.05, 0) is 5.56 Å². The lowest BCUT2D eigenvalue weighted by molar-refractivity contribution is -0.646. The highest BCUT2D eigenvalue weighted by molar-refractivity contribution is 7.66. The number of benzene rings is 1. The van der Waals surface area contributed by atoms with Crippen LogP contribution in [0.2, 0.25) is 0 Å². The average Bonchev–Trinajstić information content (AvgIpc) is 2.34. The van der Waals surface area contributed by atoms with Crippen molar-refractivity contribution in [2.24, 2.45) is 13.0 Å². The Labute approximate surface area is 478 Å². The fourth-order valence-corrected chi connectivity index (χ4v) is 14.0. The van der Waals surface area contributed by atoms with E-state index in [0.717, 1.165) is 30.7 Å². The molecule has 0 saturated carbocycles. The van der Waals surface area contributed by atoms with Crippen LogP contribution in [0.5, 0.6) is 0 Å². The van der Waals surface area contributed by atoms with Gasteiger partial charge in [0.25, 0.3) is 24.5 Å². The Morgan fingerprint density at radius 3 is 1.99 bits per heavy atom. The molecule has 9 heterocycles. The number of fused-ring (bicyclic) bond motifs is 3. The van der Waals surface area contributed by atoms with Crippen LogP contribution < -0.4 is 43.1 Å². The number of ether oxygens (including phenoxy) is 5. The van der Waals surface area contributed by atoms with Crippen LogP contribution in [0.25, 0.3) is 33.5 Å². The third-order valence-electron chi connectivity index (χ3n) is 13.4. The number of rotatable bonds is 23. The van der Waals surface area contributed by atoms with Crippen molar-refractivity contribution in [3.63, 3.8) is 0 Å². The molecule has 15 N–H and O–H groups in total. The highest BCUT2D eigenvalue weighted by atomic mass is 31.3. The van der Waals surface area contributed by atoms with Crippen LogP contribution in [0.15, 0.2) is 65.2 Å². The lowest BCUT2D eigenvalue weighted by Crippen LogP contribution is -2.39. The molecule has 1 amide bonds. The lowest BCUT2D eigenvalue weighted by Gasteiger charge is -2.31. The predicted molar refractivity (Wildman–Crippen MR) is 279 cm³/mol. The van der Waals surface area contributed by atoms with Crippen LogP contribution in [0.3, 0.4) is 0 Å². The number of hydrogen-bond donors (Lipinski definition) is 12. The average molecular weight is 1290 g/mol. The van der Waals surface area contributed by atoms with Gasteiger partial charge in [-0.2, -0.15) is 23.2 Å². The van der Waals surface area contributed by atoms with Gasteiger partial charge in [0.05, 0.1) is 51.5 Å². The van der Waals surface area contributed by atoms with Crippen molar-refractivity contribution in [3.05, 3.63) is 81.9 Å². The molecule has 6 aromatic heterocycles. The molecule has 3 saturated heterocycles. The van der Waals surface area contributed by atoms with E-state index < -0.39 is 148 Å². The summed E-state index contributed by atoms with van der Waals surface area (Å²) in [6.45, 7) is -4.13. The van der Waals surface area contributed by atoms with Crippen molar-refractivity contribution in [1.29, 1.82) is 0 Å². The summed E-state index contributed by atoms with van der Waals surface area (Å²) < 4.78 is 116. The summed E-state index contributed by atoms with van der Waals surface area (Å²) in [4.78, 5) is 112. The zero-order valence-electron chi connectivity index (χ0n) is 44.1. The van der Waals surface area contributed by atoms with Crippen molar-refractivity contribution in [2.45, 2.75) is 74.1 Å². The van der Waals surface area contributed by atoms with Gasteiger partial charge in [0.2, 0.25) is 24.5 Å². The number of imidazole rings is 3. The summed E-state index contributed by atoms with van der Waals surface area (Å²) in [5.74, 6) is -2.11. The number of amides is 1. The number of hydrogen-bond acceptors (Lipinski definition) is 31. The van der Waals surface area contributed by atoms with Crippen molar-refractivity contribution in [2.75, 3.05) is 50.7 Å². The van der Waals surface area contributed by atoms with E-state index in [-0.39, 0.29) is 57.8 Å². The number of alkyl carbamates (subject to hydrolysis) is 1. The maximum atomic E-state index is 13.7. The SMILES string of the molecule is CO[C@@H]1[C@H](OP(=O)([O-])OC[C@H]2O[C@@H](n3cnc4c(=O)[nH]c(N)nc43)[C@H](O)[C@@H]2O)C(COP(=O)(O)OP(=O)(O)OP(=O)(O)OC[C@H]2O[C@@H](n3c[n+](C)c4c(=O)[nH]c(N)nc43)[C@H](O)[C@@H]2COC(=O)NCc2ccccc2)O[C@H]1n1cnc2c(N)ncnc21. The number of H-pyrrole nitrogens is 2. The third kappa shape index (κ3) is 13.3. The first-order valence-corrected chi connectivity index (χ1v) is 30.8. The first-order chi connectivity index (χ1) is 40.6. The molecule has 0 radical (unpaired) electrons. The molecule has 466 valence electrons. The van der Waals surface area contributed by atoms with Gasteiger partial charge in [0, 0.05) is 13.7 Å². The summed E-state index contributed by atoms with van der Waals surface area (Å²) in [6, 6.07) is 8.66. The summed E-state index contributed by atoms with van der Waals surface area (Å²) in [7, 11) is -21.5. The molecule has 3 aliphatic heterocycles. The molecule has 10 rings (SSSR count). The smallest absolute Gasteiger partial charge is 0.490 e. The predicted octanol–water partition coefficient (Wildman–Crippen LogP) is -3.16. The molecule has 45 heteroatoms. The number of aryl methyl sites for hydroxylation is 1. The van der Waals surface area contributed by atoms with E-state index in [9.17, 15) is 67.5 Å². The highest BCUT2D eigenvalue weighted by Gasteiger charge is 2.53. The normalized spacial score (nSPS) is 27.9. The molecule has 3 aliphatic rings. The molecule has 0 bridgehead atoms. The number of carbonyl (C=O) groups excluding carboxylic acids is 1. The number of aliphatic hydroxyl groups is 3. The third-order valence-corrected chi connectivity index (χ3v) is 18.6. The van der Waals surface area contributed by atoms with Gasteiger partial charge in [-0.3, -0.25) is 42.3 Å². The number of nitrogens with two attached hydrogens (primary N) is 3. The minimum atomic E-state index is -6.29. The highest BCUT2D eigenvalue weighted by Crippen LogP contribution is 2.68. The number of carbonyl (C=O) groups is 1. The Morgan fingerprint density at radius 2 is 1.30 bits per heavy atom. The minimum absolute atomic E-state index is 0.0176. The number of nitrogens with zero attached hydrogens (tertiary/aromatic N) is 10. The van der Waals surface area contributed by atoms with Crippen LogP contribution in [0, 0.1) is 5.92 Å². The Balaban J connectivity index is 0.811. The number of aromatic amines is 2. The summed E-state index contributed by atoms with van der Waals surface area (Å²) in [5, 5.41) is 35.9. The minimum Gasteiger partial charge on any atom is -0.756 e. The molecule has 1 aromatic carbocycles. The maximum Gasteiger partial charge on any atom is 0.490 e. The summed E-state index contributed by atoms with van der Waals surface area (Å²) >= 11 is 0. The Morgan fingerprint density at radius 1 is 0.709 bits per heavy atom. The van der Waals surface area contributed by atoms with Crippen molar-refractivity contribution in [1.82, 2.24) is 58.9 Å². The van der Waals surface area contributed by atoms with E-state index >= 15 is 0 Å². The van der Waals surface area contributed by atoms with Crippen molar-refractivity contribution in [3.8, 4) is 0 Å². The Kier molecular flexibility index (Phi) is 17.8. The second-order valence-electron chi connectivity index (χ2n) is 19.1. The first kappa shape index (κ1) is 62.4. The number of nitrogens with one attached hydrogen (secondary N) is 3. The number of phosphoric acid groups is 4. The van der Waals surface area contributed by atoms with Crippen LogP contribution >= 0.6 is 31.3 Å². The summed E-state index contributed by atoms with van der Waals surface area (Å²) in [5.41, 5.74) is 16.2. The van der Waals surface area contributed by atoms with Crippen LogP contribution in [-0.4, -0.2) is 172 Å². The standard InChI is InChI=1S/C41H52N16O25P4/c1-54-16-57(33-24(54)35(62)53-40(44)51-33)36-25(58)18(9-73-41(63)45-8-17-6-4-3-5-7-17)19(77-36)10-75-84(66,67)81-86(70,71)82-85(68,69)76-12-21-28(29(72-2)38(79-21)55-14-48-22-30(42)46-13-47-31(22)55)80-83(64,65)74-11-20-26(59)27(60)37(78-20)56-15-49-23-32(56)50-39(43)52-34(23)61/h3-7,13-16,18-21,25-29,36-38,58-60H,8-12H2,1-2H3,(H12-,42,43,44,45,46,47,50,51,52,53,61,62,63,64,65,66,67,68,69,70,71)/t18-,19-,20-,21?,25-,26-,27-,28-,29-,36-,37-,38-/m1/s1. The number of anilines is 3. The maximum absolute atomic E-state index is 13.7. The molecule has 86 heavy (non-hydrogen) atoms. The van der Waals surface area contributed by atoms with E-state index in [1.165, 1.54) is 27.1 Å². The van der Waals surface area contributed by atoms with E-state index in [4.69, 9.17) is 59.0 Å². The van der Waals surface area contributed by atoms with E-state index in [0.29, 0.717) is 5.56 Å². The first-order valence-electron chi connectivity index (χ1n) is 24.9. The topological polar surface area (TPSA) is 583 Å². The van der Waals surface area contributed by atoms with Gasteiger partial charge in [-0.15, -0.1) is 0 Å². The molecule has 5 unspecified atom stereocenters. The number of aromatic nitrogens is 12. The Bertz CT molecular complexity index is 3990. The van der Waals surface area contributed by atoms with Crippen molar-refractivity contribution >= 4 is 88.6 Å². The molecule has 41 nitrogen and oxygen atoms in total. The second kappa shape index (κ2) is 24.5. The van der Waals surface area contributed by atoms with Gasteiger partial charge >= 0.3 is 35.1 Å². The van der Waals surface area contributed by atoms with Gasteiger partial charge in [-0.1, -0.05) is 30.3 Å². The van der Waals surface area contributed by atoms with Crippen LogP contribution in [0.1, 0.15) is 24.2 Å². The molecular weight excluding hydrogens is 1240 g/mol. The zero-order chi connectivity index (χ0) is 61.8. The summed E-state index contributed by atoms with van der Waals surface area (Å²) in [6.07, 6.45) is -15.1. The Hall–Kier alpha value is -6.62. The van der Waals surface area contributed by atoms with Gasteiger partial charge in [0.15, 0.2) is 35.1 Å². The molecule has 0 spiro atoms. The van der Waals surface area contributed by atoms with Crippen LogP contribution in [-0.2, 0) is 82.3 Å². The van der Waals surface area contributed by atoms with E-state index in [1.807, 2.05) is 0 Å². The van der Waals surface area contributed by atoms with Gasteiger partial charge < -0.3 is 90.1 Å². The van der Waals surface area contributed by atoms with Crippen LogP contribution in [0.4, 0.5) is 22.5 Å². The molecule has 3 fully saturated rings. The largest absolute Gasteiger partial charge is 0.756 e. The lowest BCUT2D eigenvalue weighted by atomic mass is 9.99. The fourth-order valence-electron chi connectivity index (χ4n) is 9.57. The zero-order valence-corrected chi connectivity index (χ0v) is 47.7. The van der Waals surface area contributed by atoms with Crippen molar-refractivity contribution < 1.29 is 113 Å². The quantitative estimate of drug-likeness (QED) is 0.0222. The van der Waals surface area contributed by atoms with E-state index in [2.05, 4.69) is 53.8 Å². The molecule has 0 aliphatic carbocycles. The number of nitrogen functional groups attached to an aromatic ring is 3. The number of methoxy groups -OCH3 is 1. The molecular formula is C41H52N16O25P4. The second-order valence-corrected chi connectivity index (χ2v) is 25.1. The monoisotopic (exact) mass is 1290 g/mol. The van der Waals surface area contributed by atoms with E-state index in [1.54, 1.807) is 30.3 Å². The number of aliphatic hydroxyl groups excluding tert-OH is 3. The number of phosphoric ester groups is 3.